The Morgan fingerprint density at radius 2 is 1.95 bits per heavy atom. The van der Waals surface area contributed by atoms with Gasteiger partial charge in [-0.15, -0.1) is 0 Å². The molecule has 110 valence electrons. The molecule has 1 nitrogen and oxygen atoms in total. The molecule has 0 spiro atoms. The van der Waals surface area contributed by atoms with E-state index in [1.54, 1.807) is 6.07 Å². The fraction of sp³-hybridized carbons (Fsp3) is 0.368. The van der Waals surface area contributed by atoms with Gasteiger partial charge in [0.15, 0.2) is 0 Å². The largest absolute Gasteiger partial charge is 0.310 e. The van der Waals surface area contributed by atoms with Crippen molar-refractivity contribution in [1.29, 1.82) is 0 Å². The van der Waals surface area contributed by atoms with Gasteiger partial charge in [-0.05, 0) is 48.9 Å². The minimum absolute atomic E-state index is 0.0836. The summed E-state index contributed by atoms with van der Waals surface area (Å²) >= 11 is 0. The van der Waals surface area contributed by atoms with Gasteiger partial charge >= 0.3 is 0 Å². The summed E-state index contributed by atoms with van der Waals surface area (Å²) in [5.41, 5.74) is 3.16. The van der Waals surface area contributed by atoms with Crippen LogP contribution in [0.5, 0.6) is 0 Å². The van der Waals surface area contributed by atoms with Gasteiger partial charge in [-0.25, -0.2) is 4.39 Å². The predicted octanol–water partition coefficient (Wildman–Crippen LogP) is 4.59. The molecule has 1 N–H and O–H groups in total. The van der Waals surface area contributed by atoms with Crippen LogP contribution >= 0.6 is 0 Å². The zero-order valence-corrected chi connectivity index (χ0v) is 12.6. The van der Waals surface area contributed by atoms with Crippen LogP contribution in [0, 0.1) is 18.7 Å². The summed E-state index contributed by atoms with van der Waals surface area (Å²) in [5, 5.41) is 3.48. The number of rotatable bonds is 5. The van der Waals surface area contributed by atoms with E-state index in [2.05, 4.69) is 36.5 Å². The monoisotopic (exact) mass is 283 g/mol. The highest BCUT2D eigenvalue weighted by Crippen LogP contribution is 2.54. The van der Waals surface area contributed by atoms with Crippen molar-refractivity contribution in [1.82, 2.24) is 5.32 Å². The first kappa shape index (κ1) is 14.3. The lowest BCUT2D eigenvalue weighted by atomic mass is 9.97. The Morgan fingerprint density at radius 3 is 2.62 bits per heavy atom. The Balaban J connectivity index is 1.83. The number of nitrogens with one attached hydrogen (secondary N) is 1. The van der Waals surface area contributed by atoms with E-state index in [9.17, 15) is 4.39 Å². The lowest BCUT2D eigenvalue weighted by molar-refractivity contribution is 0.461. The molecule has 0 aliphatic heterocycles. The highest BCUT2D eigenvalue weighted by molar-refractivity contribution is 5.32. The molecular formula is C19H22FN. The molecule has 3 atom stereocenters. The normalized spacial score (nSPS) is 22.0. The van der Waals surface area contributed by atoms with E-state index >= 15 is 0 Å². The minimum Gasteiger partial charge on any atom is -0.310 e. The number of halogens is 1. The fourth-order valence-corrected chi connectivity index (χ4v) is 3.26. The number of hydrogen-bond donors (Lipinski definition) is 1. The Labute approximate surface area is 126 Å². The standard InChI is InChI=1S/C19H22FN/c1-3-21-19(15-10-9-13(2)11-18(15)20)17-12-16(17)14-7-5-4-6-8-14/h4-11,16-17,19,21H,3,12H2,1-2H3. The first-order valence-electron chi connectivity index (χ1n) is 7.75. The molecule has 3 rings (SSSR count). The van der Waals surface area contributed by atoms with E-state index in [4.69, 9.17) is 0 Å². The van der Waals surface area contributed by atoms with Gasteiger partial charge in [0.2, 0.25) is 0 Å². The molecule has 0 radical (unpaired) electrons. The van der Waals surface area contributed by atoms with Crippen LogP contribution in [0.3, 0.4) is 0 Å². The van der Waals surface area contributed by atoms with Gasteiger partial charge in [0.1, 0.15) is 5.82 Å². The maximum Gasteiger partial charge on any atom is 0.128 e. The van der Waals surface area contributed by atoms with E-state index in [0.29, 0.717) is 11.8 Å². The third-order valence-electron chi connectivity index (χ3n) is 4.41. The van der Waals surface area contributed by atoms with E-state index in [0.717, 1.165) is 24.1 Å². The van der Waals surface area contributed by atoms with Crippen LogP contribution in [0.4, 0.5) is 4.39 Å². The molecule has 2 aromatic carbocycles. The van der Waals surface area contributed by atoms with Crippen molar-refractivity contribution >= 4 is 0 Å². The molecule has 1 saturated carbocycles. The maximum atomic E-state index is 14.3. The van der Waals surface area contributed by atoms with Crippen LogP contribution in [0.2, 0.25) is 0 Å². The molecule has 0 aromatic heterocycles. The van der Waals surface area contributed by atoms with Crippen molar-refractivity contribution in [2.45, 2.75) is 32.2 Å². The summed E-state index contributed by atoms with van der Waals surface area (Å²) in [6, 6.07) is 16.3. The number of aryl methyl sites for hydroxylation is 1. The van der Waals surface area contributed by atoms with E-state index < -0.39 is 0 Å². The summed E-state index contributed by atoms with van der Waals surface area (Å²) in [5.74, 6) is 0.958. The summed E-state index contributed by atoms with van der Waals surface area (Å²) in [4.78, 5) is 0. The SMILES string of the molecule is CCNC(c1ccc(C)cc1F)C1CC1c1ccccc1. The molecule has 21 heavy (non-hydrogen) atoms. The number of benzene rings is 2. The second kappa shape index (κ2) is 5.98. The molecule has 0 amide bonds. The van der Waals surface area contributed by atoms with Gasteiger partial charge in [0, 0.05) is 11.6 Å². The molecule has 1 aliphatic carbocycles. The van der Waals surface area contributed by atoms with Gasteiger partial charge in [0.05, 0.1) is 0 Å². The first-order chi connectivity index (χ1) is 10.2. The topological polar surface area (TPSA) is 12.0 Å². The smallest absolute Gasteiger partial charge is 0.128 e. The van der Waals surface area contributed by atoms with Crippen LogP contribution < -0.4 is 5.32 Å². The average Bonchev–Trinajstić information content (AvgIpc) is 3.27. The summed E-state index contributed by atoms with van der Waals surface area (Å²) in [7, 11) is 0. The van der Waals surface area contributed by atoms with Crippen LogP contribution in [0.15, 0.2) is 48.5 Å². The Kier molecular flexibility index (Phi) is 4.07. The number of hydrogen-bond acceptors (Lipinski definition) is 1. The van der Waals surface area contributed by atoms with Crippen LogP contribution in [0.1, 0.15) is 42.0 Å². The van der Waals surface area contributed by atoms with Crippen LogP contribution in [0.25, 0.3) is 0 Å². The molecule has 0 heterocycles. The Bertz CT molecular complexity index is 608. The molecule has 2 aromatic rings. The van der Waals surface area contributed by atoms with Crippen LogP contribution in [-0.2, 0) is 0 Å². The third-order valence-corrected chi connectivity index (χ3v) is 4.41. The molecule has 0 bridgehead atoms. The average molecular weight is 283 g/mol. The molecule has 1 fully saturated rings. The van der Waals surface area contributed by atoms with Crippen molar-refractivity contribution in [3.8, 4) is 0 Å². The lowest BCUT2D eigenvalue weighted by Gasteiger charge is -2.20. The van der Waals surface area contributed by atoms with E-state index in [-0.39, 0.29) is 11.9 Å². The fourth-order valence-electron chi connectivity index (χ4n) is 3.26. The summed E-state index contributed by atoms with van der Waals surface area (Å²) in [6.45, 7) is 4.87. The van der Waals surface area contributed by atoms with Gasteiger partial charge in [-0.2, -0.15) is 0 Å². The minimum atomic E-state index is -0.0836. The second-order valence-electron chi connectivity index (χ2n) is 5.98. The Hall–Kier alpha value is -1.67. The zero-order valence-electron chi connectivity index (χ0n) is 12.6. The van der Waals surface area contributed by atoms with Gasteiger partial charge in [0.25, 0.3) is 0 Å². The van der Waals surface area contributed by atoms with Crippen LogP contribution in [-0.4, -0.2) is 6.54 Å². The summed E-state index contributed by atoms with van der Waals surface area (Å²) < 4.78 is 14.3. The zero-order chi connectivity index (χ0) is 14.8. The third kappa shape index (κ3) is 3.01. The molecule has 3 unspecified atom stereocenters. The van der Waals surface area contributed by atoms with Gasteiger partial charge in [-0.1, -0.05) is 49.4 Å². The van der Waals surface area contributed by atoms with E-state index in [1.807, 2.05) is 25.1 Å². The van der Waals surface area contributed by atoms with Crippen molar-refractivity contribution < 1.29 is 4.39 Å². The van der Waals surface area contributed by atoms with Gasteiger partial charge in [-0.3, -0.25) is 0 Å². The lowest BCUT2D eigenvalue weighted by Crippen LogP contribution is -2.24. The highest BCUT2D eigenvalue weighted by atomic mass is 19.1. The predicted molar refractivity (Wildman–Crippen MR) is 84.8 cm³/mol. The Morgan fingerprint density at radius 1 is 1.19 bits per heavy atom. The van der Waals surface area contributed by atoms with Crippen molar-refractivity contribution in [2.75, 3.05) is 6.54 Å². The van der Waals surface area contributed by atoms with E-state index in [1.165, 1.54) is 5.56 Å². The highest BCUT2D eigenvalue weighted by Gasteiger charge is 2.44. The van der Waals surface area contributed by atoms with Crippen molar-refractivity contribution in [2.24, 2.45) is 5.92 Å². The van der Waals surface area contributed by atoms with Crippen molar-refractivity contribution in [3.05, 3.63) is 71.0 Å². The summed E-state index contributed by atoms with van der Waals surface area (Å²) in [6.07, 6.45) is 1.13. The molecule has 2 heteroatoms. The molecular weight excluding hydrogens is 261 g/mol. The quantitative estimate of drug-likeness (QED) is 0.846. The molecule has 0 saturated heterocycles. The first-order valence-corrected chi connectivity index (χ1v) is 7.75. The van der Waals surface area contributed by atoms with Gasteiger partial charge < -0.3 is 5.32 Å². The molecule has 1 aliphatic rings. The maximum absolute atomic E-state index is 14.3. The van der Waals surface area contributed by atoms with Crippen molar-refractivity contribution in [3.63, 3.8) is 0 Å². The second-order valence-corrected chi connectivity index (χ2v) is 5.98.